The van der Waals surface area contributed by atoms with Gasteiger partial charge < -0.3 is 11.1 Å². The lowest BCUT2D eigenvalue weighted by Crippen LogP contribution is -2.30. The second-order valence-electron chi connectivity index (χ2n) is 3.05. The molecule has 0 aliphatic heterocycles. The summed E-state index contributed by atoms with van der Waals surface area (Å²) in [5, 5.41) is 2.97. The van der Waals surface area contributed by atoms with Crippen LogP contribution < -0.4 is 11.1 Å². The number of benzene rings is 1. The predicted octanol–water partition coefficient (Wildman–Crippen LogP) is 1.10. The van der Waals surface area contributed by atoms with E-state index < -0.39 is 5.82 Å². The third-order valence-corrected chi connectivity index (χ3v) is 2.06. The molecule has 1 rings (SSSR count). The van der Waals surface area contributed by atoms with E-state index in [4.69, 9.17) is 17.3 Å². The first-order valence-corrected chi connectivity index (χ1v) is 4.92. The zero-order chi connectivity index (χ0) is 11.3. The summed E-state index contributed by atoms with van der Waals surface area (Å²) < 4.78 is 13.2. The number of nitrogens with two attached hydrogens (primary N) is 1. The van der Waals surface area contributed by atoms with Gasteiger partial charge in [-0.1, -0.05) is 11.6 Å². The second-order valence-corrected chi connectivity index (χ2v) is 3.49. The van der Waals surface area contributed by atoms with E-state index in [0.717, 1.165) is 0 Å². The molecule has 1 aromatic carbocycles. The highest BCUT2D eigenvalue weighted by atomic mass is 35.5. The molecule has 1 amide bonds. The molecule has 15 heavy (non-hydrogen) atoms. The second kappa shape index (κ2) is 5.68. The van der Waals surface area contributed by atoms with Crippen LogP contribution in [0.3, 0.4) is 0 Å². The molecule has 0 saturated carbocycles. The number of nitrogens with one attached hydrogen (secondary N) is 1. The number of carbonyl (C=O) groups excluding carboxylic acids is 1. The molecule has 3 N–H and O–H groups in total. The van der Waals surface area contributed by atoms with Crippen molar-refractivity contribution in [1.29, 1.82) is 0 Å². The van der Waals surface area contributed by atoms with Crippen molar-refractivity contribution in [3.05, 3.63) is 34.6 Å². The van der Waals surface area contributed by atoms with Gasteiger partial charge in [-0.05, 0) is 23.8 Å². The van der Waals surface area contributed by atoms with Gasteiger partial charge in [-0.15, -0.1) is 0 Å². The molecule has 82 valence electrons. The molecule has 3 nitrogen and oxygen atoms in total. The fourth-order valence-corrected chi connectivity index (χ4v) is 1.32. The van der Waals surface area contributed by atoms with E-state index in [0.29, 0.717) is 18.1 Å². The van der Waals surface area contributed by atoms with Gasteiger partial charge in [0, 0.05) is 18.1 Å². The van der Waals surface area contributed by atoms with Crippen molar-refractivity contribution in [3.63, 3.8) is 0 Å². The lowest BCUT2D eigenvalue weighted by Gasteiger charge is -2.04. The normalized spacial score (nSPS) is 10.1. The smallest absolute Gasteiger partial charge is 0.224 e. The largest absolute Gasteiger partial charge is 0.355 e. The number of hydrogen-bond donors (Lipinski definition) is 2. The van der Waals surface area contributed by atoms with Crippen molar-refractivity contribution in [2.45, 2.75) is 6.42 Å². The zero-order valence-corrected chi connectivity index (χ0v) is 8.85. The SMILES string of the molecule is NCCNC(=O)Cc1cc(Cl)ccc1F. The first-order chi connectivity index (χ1) is 7.13. The molecule has 0 aromatic heterocycles. The molecule has 0 unspecified atom stereocenters. The van der Waals surface area contributed by atoms with Crippen LogP contribution in [-0.4, -0.2) is 19.0 Å². The fourth-order valence-electron chi connectivity index (χ4n) is 1.13. The summed E-state index contributed by atoms with van der Waals surface area (Å²) in [5.74, 6) is -0.691. The third kappa shape index (κ3) is 3.85. The van der Waals surface area contributed by atoms with Crippen LogP contribution in [0.5, 0.6) is 0 Å². The summed E-state index contributed by atoms with van der Waals surface area (Å²) in [6.45, 7) is 0.755. The fraction of sp³-hybridized carbons (Fsp3) is 0.300. The molecule has 0 saturated heterocycles. The highest BCUT2D eigenvalue weighted by Gasteiger charge is 2.07. The average Bonchev–Trinajstić information content (AvgIpc) is 2.20. The van der Waals surface area contributed by atoms with Gasteiger partial charge in [-0.2, -0.15) is 0 Å². The minimum Gasteiger partial charge on any atom is -0.355 e. The van der Waals surface area contributed by atoms with E-state index in [1.165, 1.54) is 18.2 Å². The van der Waals surface area contributed by atoms with Gasteiger partial charge in [-0.3, -0.25) is 4.79 Å². The van der Waals surface area contributed by atoms with Crippen molar-refractivity contribution in [2.24, 2.45) is 5.73 Å². The van der Waals surface area contributed by atoms with Crippen molar-refractivity contribution in [2.75, 3.05) is 13.1 Å². The van der Waals surface area contributed by atoms with Gasteiger partial charge >= 0.3 is 0 Å². The maximum atomic E-state index is 13.2. The molecule has 0 radical (unpaired) electrons. The molecular formula is C10H12ClFN2O. The quantitative estimate of drug-likeness (QED) is 0.814. The van der Waals surface area contributed by atoms with E-state index >= 15 is 0 Å². The third-order valence-electron chi connectivity index (χ3n) is 1.83. The van der Waals surface area contributed by atoms with Crippen LogP contribution in [-0.2, 0) is 11.2 Å². The molecule has 0 fully saturated rings. The standard InChI is InChI=1S/C10H12ClFN2O/c11-8-1-2-9(12)7(5-8)6-10(15)14-4-3-13/h1-2,5H,3-4,6,13H2,(H,14,15). The molecule has 0 bridgehead atoms. The highest BCUT2D eigenvalue weighted by molar-refractivity contribution is 6.30. The Morgan fingerprint density at radius 1 is 1.53 bits per heavy atom. The van der Waals surface area contributed by atoms with Gasteiger partial charge in [-0.25, -0.2) is 4.39 Å². The Labute approximate surface area is 92.4 Å². The molecular weight excluding hydrogens is 219 g/mol. The zero-order valence-electron chi connectivity index (χ0n) is 8.09. The van der Waals surface area contributed by atoms with Crippen molar-refractivity contribution in [1.82, 2.24) is 5.32 Å². The molecule has 0 spiro atoms. The Balaban J connectivity index is 2.63. The molecule has 0 aliphatic rings. The van der Waals surface area contributed by atoms with E-state index in [1.807, 2.05) is 0 Å². The van der Waals surface area contributed by atoms with Crippen LogP contribution >= 0.6 is 11.6 Å². The Bertz CT molecular complexity index is 357. The topological polar surface area (TPSA) is 55.1 Å². The van der Waals surface area contributed by atoms with Crippen LogP contribution in [0, 0.1) is 5.82 Å². The molecule has 0 aliphatic carbocycles. The minimum atomic E-state index is -0.428. The number of hydrogen-bond acceptors (Lipinski definition) is 2. The van der Waals surface area contributed by atoms with Crippen LogP contribution in [0.15, 0.2) is 18.2 Å². The van der Waals surface area contributed by atoms with E-state index in [9.17, 15) is 9.18 Å². The Morgan fingerprint density at radius 2 is 2.27 bits per heavy atom. The Morgan fingerprint density at radius 3 is 2.93 bits per heavy atom. The number of halogens is 2. The lowest BCUT2D eigenvalue weighted by atomic mass is 10.1. The summed E-state index contributed by atoms with van der Waals surface area (Å²) in [4.78, 5) is 11.3. The Hall–Kier alpha value is -1.13. The maximum Gasteiger partial charge on any atom is 0.224 e. The van der Waals surface area contributed by atoms with Crippen molar-refractivity contribution < 1.29 is 9.18 Å². The molecule has 0 atom stereocenters. The summed E-state index contributed by atoms with van der Waals surface area (Å²) in [5.41, 5.74) is 5.50. The van der Waals surface area contributed by atoms with Gasteiger partial charge in [0.05, 0.1) is 6.42 Å². The van der Waals surface area contributed by atoms with Crippen molar-refractivity contribution in [3.8, 4) is 0 Å². The first-order valence-electron chi connectivity index (χ1n) is 4.54. The summed E-state index contributed by atoms with van der Waals surface area (Å²) >= 11 is 5.69. The van der Waals surface area contributed by atoms with Gasteiger partial charge in [0.15, 0.2) is 0 Å². The lowest BCUT2D eigenvalue weighted by molar-refractivity contribution is -0.120. The van der Waals surface area contributed by atoms with Gasteiger partial charge in [0.1, 0.15) is 5.82 Å². The van der Waals surface area contributed by atoms with Crippen LogP contribution in [0.2, 0.25) is 5.02 Å². The van der Waals surface area contributed by atoms with Gasteiger partial charge in [0.2, 0.25) is 5.91 Å². The summed E-state index contributed by atoms with van der Waals surface area (Å²) in [7, 11) is 0. The maximum absolute atomic E-state index is 13.2. The summed E-state index contributed by atoms with van der Waals surface area (Å²) in [6.07, 6.45) is -0.0214. The van der Waals surface area contributed by atoms with Gasteiger partial charge in [0.25, 0.3) is 0 Å². The molecule has 5 heteroatoms. The van der Waals surface area contributed by atoms with E-state index in [2.05, 4.69) is 5.32 Å². The van der Waals surface area contributed by atoms with Crippen LogP contribution in [0.1, 0.15) is 5.56 Å². The molecule has 1 aromatic rings. The highest BCUT2D eigenvalue weighted by Crippen LogP contribution is 2.15. The van der Waals surface area contributed by atoms with Crippen LogP contribution in [0.4, 0.5) is 4.39 Å². The number of carbonyl (C=O) groups is 1. The van der Waals surface area contributed by atoms with Crippen LogP contribution in [0.25, 0.3) is 0 Å². The summed E-state index contributed by atoms with van der Waals surface area (Å²) in [6, 6.07) is 4.13. The first kappa shape index (κ1) is 11.9. The minimum absolute atomic E-state index is 0.0214. The van der Waals surface area contributed by atoms with E-state index in [1.54, 1.807) is 0 Å². The average molecular weight is 231 g/mol. The monoisotopic (exact) mass is 230 g/mol. The van der Waals surface area contributed by atoms with E-state index in [-0.39, 0.29) is 17.9 Å². The van der Waals surface area contributed by atoms with Crippen molar-refractivity contribution >= 4 is 17.5 Å². The molecule has 0 heterocycles. The predicted molar refractivity (Wildman–Crippen MR) is 57.2 cm³/mol. The number of rotatable bonds is 4. The number of amides is 1. The Kier molecular flexibility index (Phi) is 4.52.